The average molecular weight is 161 g/mol. The molecule has 0 saturated carbocycles. The van der Waals surface area contributed by atoms with Crippen molar-refractivity contribution in [3.63, 3.8) is 0 Å². The molecular weight excluding hydrogens is 152 g/mol. The largest absolute Gasteiger partial charge is 1.00 e. The van der Waals surface area contributed by atoms with E-state index in [1.54, 1.807) is 12.5 Å². The fourth-order valence-corrected chi connectivity index (χ4v) is 0.636. The van der Waals surface area contributed by atoms with Crippen LogP contribution in [0.15, 0.2) is 12.5 Å². The topological polar surface area (TPSA) is 36.7 Å². The minimum atomic E-state index is 0. The lowest BCUT2D eigenvalue weighted by atomic mass is 10.5. The number of imidazole rings is 1. The number of halogens is 1. The number of aromatic amines is 1. The van der Waals surface area contributed by atoms with Gasteiger partial charge in [-0.25, -0.2) is 9.78 Å². The van der Waals surface area contributed by atoms with E-state index < -0.39 is 0 Å². The van der Waals surface area contributed by atoms with E-state index in [2.05, 4.69) is 4.98 Å². The van der Waals surface area contributed by atoms with Crippen molar-refractivity contribution in [2.75, 3.05) is 0 Å². The second kappa shape index (κ2) is 3.37. The standard InChI is InChI=1S/C6H8N2O.ClH/c1-5-3-8(4-7-5)6(2)9;/h3-4H,1-2H3;1H. The van der Waals surface area contributed by atoms with E-state index >= 15 is 0 Å². The highest BCUT2D eigenvalue weighted by Gasteiger charge is 2.03. The summed E-state index contributed by atoms with van der Waals surface area (Å²) in [5.74, 6) is 0.0272. The van der Waals surface area contributed by atoms with Crippen LogP contribution in [-0.2, 0) is 0 Å². The Labute approximate surface area is 65.5 Å². The molecule has 0 unspecified atom stereocenters. The van der Waals surface area contributed by atoms with Crippen LogP contribution in [0.1, 0.15) is 17.4 Å². The van der Waals surface area contributed by atoms with Gasteiger partial charge in [0, 0.05) is 13.8 Å². The summed E-state index contributed by atoms with van der Waals surface area (Å²) in [7, 11) is 0. The molecule has 3 nitrogen and oxygen atoms in total. The zero-order chi connectivity index (χ0) is 6.85. The number of hydrogen-bond donors (Lipinski definition) is 1. The van der Waals surface area contributed by atoms with E-state index in [1.807, 2.05) is 6.92 Å². The first-order valence-electron chi connectivity index (χ1n) is 2.77. The minimum absolute atomic E-state index is 0. The van der Waals surface area contributed by atoms with Crippen molar-refractivity contribution in [1.29, 1.82) is 0 Å². The summed E-state index contributed by atoms with van der Waals surface area (Å²) < 4.78 is 1.51. The lowest BCUT2D eigenvalue weighted by Crippen LogP contribution is -3.00. The molecule has 0 spiro atoms. The summed E-state index contributed by atoms with van der Waals surface area (Å²) in [6.07, 6.45) is 3.39. The summed E-state index contributed by atoms with van der Waals surface area (Å²) in [4.78, 5) is 13.5. The maximum atomic E-state index is 10.6. The highest BCUT2D eigenvalue weighted by atomic mass is 35.5. The van der Waals surface area contributed by atoms with Crippen LogP contribution in [-0.4, -0.2) is 10.9 Å². The van der Waals surface area contributed by atoms with E-state index in [0.29, 0.717) is 0 Å². The van der Waals surface area contributed by atoms with Gasteiger partial charge < -0.3 is 12.4 Å². The molecule has 0 fully saturated rings. The van der Waals surface area contributed by atoms with E-state index in [0.717, 1.165) is 5.69 Å². The molecule has 0 radical (unpaired) electrons. The molecule has 0 saturated heterocycles. The van der Waals surface area contributed by atoms with Gasteiger partial charge in [-0.2, -0.15) is 4.57 Å². The molecule has 1 aromatic heterocycles. The lowest BCUT2D eigenvalue weighted by Gasteiger charge is -1.78. The highest BCUT2D eigenvalue weighted by molar-refractivity contribution is 5.62. The maximum Gasteiger partial charge on any atom is 0.310 e. The number of hydrogen-bond acceptors (Lipinski definition) is 1. The minimum Gasteiger partial charge on any atom is -1.00 e. The first-order chi connectivity index (χ1) is 4.20. The molecule has 0 bridgehead atoms. The van der Waals surface area contributed by atoms with Gasteiger partial charge in [-0.15, -0.1) is 0 Å². The Morgan fingerprint density at radius 2 is 2.30 bits per heavy atom. The zero-order valence-corrected chi connectivity index (χ0v) is 6.64. The van der Waals surface area contributed by atoms with E-state index in [-0.39, 0.29) is 18.3 Å². The molecule has 0 atom stereocenters. The summed E-state index contributed by atoms with van der Waals surface area (Å²) >= 11 is 0. The molecule has 56 valence electrons. The number of aryl methyl sites for hydroxylation is 1. The molecular formula is C6H9ClN2O. The van der Waals surface area contributed by atoms with Crippen LogP contribution in [0.25, 0.3) is 0 Å². The molecule has 1 heterocycles. The first kappa shape index (κ1) is 9.17. The molecule has 10 heavy (non-hydrogen) atoms. The van der Waals surface area contributed by atoms with Crippen molar-refractivity contribution in [3.8, 4) is 0 Å². The van der Waals surface area contributed by atoms with E-state index in [1.165, 1.54) is 11.5 Å². The van der Waals surface area contributed by atoms with Gasteiger partial charge in [0.25, 0.3) is 0 Å². The maximum absolute atomic E-state index is 10.6. The van der Waals surface area contributed by atoms with Crippen LogP contribution in [0.5, 0.6) is 0 Å². The summed E-state index contributed by atoms with van der Waals surface area (Å²) in [5.41, 5.74) is 0.991. The molecule has 1 aromatic rings. The normalized spacial score (nSPS) is 8.60. The van der Waals surface area contributed by atoms with E-state index in [4.69, 9.17) is 0 Å². The van der Waals surface area contributed by atoms with Crippen LogP contribution < -0.4 is 17.0 Å². The Morgan fingerprint density at radius 3 is 2.50 bits per heavy atom. The average Bonchev–Trinajstić information content (AvgIpc) is 2.14. The molecule has 1 N–H and O–H groups in total. The number of aromatic nitrogens is 2. The quantitative estimate of drug-likeness (QED) is 0.412. The van der Waals surface area contributed by atoms with Crippen molar-refractivity contribution in [2.24, 2.45) is 0 Å². The SMILES string of the molecule is CC(=O)[n+]1c[nH]c(C)c1.[Cl-]. The molecule has 0 aromatic carbocycles. The van der Waals surface area contributed by atoms with Crippen molar-refractivity contribution in [1.82, 2.24) is 4.98 Å². The molecule has 1 rings (SSSR count). The lowest BCUT2D eigenvalue weighted by molar-refractivity contribution is -0.571. The molecule has 0 aliphatic rings. The number of carbonyl (C=O) groups is 1. The predicted octanol–water partition coefficient (Wildman–Crippen LogP) is -2.73. The number of nitrogens with zero attached hydrogens (tertiary/aromatic N) is 1. The van der Waals surface area contributed by atoms with Gasteiger partial charge in [0.05, 0.1) is 0 Å². The van der Waals surface area contributed by atoms with E-state index in [9.17, 15) is 4.79 Å². The van der Waals surface area contributed by atoms with Crippen molar-refractivity contribution in [3.05, 3.63) is 18.2 Å². The fraction of sp³-hybridized carbons (Fsp3) is 0.333. The van der Waals surface area contributed by atoms with Gasteiger partial charge >= 0.3 is 5.91 Å². The van der Waals surface area contributed by atoms with Crippen molar-refractivity contribution >= 4 is 5.91 Å². The van der Waals surface area contributed by atoms with Crippen molar-refractivity contribution in [2.45, 2.75) is 13.8 Å². The van der Waals surface area contributed by atoms with Crippen LogP contribution in [0.3, 0.4) is 0 Å². The second-order valence-corrected chi connectivity index (χ2v) is 2.01. The smallest absolute Gasteiger partial charge is 0.310 e. The Morgan fingerprint density at radius 1 is 1.70 bits per heavy atom. The number of H-pyrrole nitrogens is 1. The Hall–Kier alpha value is -0.830. The van der Waals surface area contributed by atoms with Crippen LogP contribution >= 0.6 is 0 Å². The highest BCUT2D eigenvalue weighted by Crippen LogP contribution is 1.81. The Balaban J connectivity index is 0.000000810. The third-order valence-electron chi connectivity index (χ3n) is 1.13. The summed E-state index contributed by atoms with van der Waals surface area (Å²) in [6.45, 7) is 3.42. The molecule has 0 amide bonds. The number of rotatable bonds is 0. The third kappa shape index (κ3) is 1.84. The Kier molecular flexibility index (Phi) is 3.09. The molecule has 0 aliphatic carbocycles. The predicted molar refractivity (Wildman–Crippen MR) is 32.0 cm³/mol. The zero-order valence-electron chi connectivity index (χ0n) is 5.89. The summed E-state index contributed by atoms with van der Waals surface area (Å²) in [5, 5.41) is 0. The van der Waals surface area contributed by atoms with Crippen molar-refractivity contribution < 1.29 is 21.8 Å². The van der Waals surface area contributed by atoms with Gasteiger partial charge in [0.2, 0.25) is 6.33 Å². The number of carbonyl (C=O) groups excluding carboxylic acids is 1. The van der Waals surface area contributed by atoms with Gasteiger partial charge in [-0.3, -0.25) is 0 Å². The monoisotopic (exact) mass is 160 g/mol. The second-order valence-electron chi connectivity index (χ2n) is 2.01. The number of nitrogens with one attached hydrogen (secondary N) is 1. The Bertz CT molecular complexity index is 231. The van der Waals surface area contributed by atoms with Crippen LogP contribution in [0.4, 0.5) is 0 Å². The van der Waals surface area contributed by atoms with Gasteiger partial charge in [0.1, 0.15) is 11.9 Å². The van der Waals surface area contributed by atoms with Crippen LogP contribution in [0.2, 0.25) is 0 Å². The van der Waals surface area contributed by atoms with Gasteiger partial charge in [-0.1, -0.05) is 0 Å². The first-order valence-corrected chi connectivity index (χ1v) is 2.77. The third-order valence-corrected chi connectivity index (χ3v) is 1.13. The molecule has 0 aliphatic heterocycles. The van der Waals surface area contributed by atoms with Crippen LogP contribution in [0, 0.1) is 6.92 Å². The van der Waals surface area contributed by atoms with Gasteiger partial charge in [-0.05, 0) is 0 Å². The molecule has 4 heteroatoms. The summed E-state index contributed by atoms with van der Waals surface area (Å²) in [6, 6.07) is 0. The fourth-order valence-electron chi connectivity index (χ4n) is 0.636. The van der Waals surface area contributed by atoms with Gasteiger partial charge in [0.15, 0.2) is 0 Å².